The van der Waals surface area contributed by atoms with Crippen molar-refractivity contribution in [3.8, 4) is 0 Å². The van der Waals surface area contributed by atoms with E-state index in [1.807, 2.05) is 36.4 Å². The number of halogens is 2. The third-order valence-corrected chi connectivity index (χ3v) is 5.19. The number of carboxylic acid groups (broad SMARTS) is 1. The second-order valence-corrected chi connectivity index (χ2v) is 6.99. The number of H-pyrrole nitrogens is 1. The number of carbonyl (C=O) groups is 1. The molecule has 1 aromatic heterocycles. The Hall–Kier alpha value is -2.01. The number of hydrogen-bond donors (Lipinski definition) is 2. The van der Waals surface area contributed by atoms with E-state index in [0.29, 0.717) is 23.1 Å². The van der Waals surface area contributed by atoms with Crippen molar-refractivity contribution in [2.24, 2.45) is 0 Å². The SMILES string of the molecule is O=C(O)CC1(c2ccccc2)OCCc2c1[nH]c1c(Cl)cc(Cl)cc21. The van der Waals surface area contributed by atoms with Crippen LogP contribution in [0.2, 0.25) is 10.0 Å². The third kappa shape index (κ3) is 2.61. The molecule has 6 heteroatoms. The van der Waals surface area contributed by atoms with Crippen molar-refractivity contribution in [3.63, 3.8) is 0 Å². The zero-order chi connectivity index (χ0) is 17.6. The number of carboxylic acids is 1. The summed E-state index contributed by atoms with van der Waals surface area (Å²) >= 11 is 12.5. The topological polar surface area (TPSA) is 62.3 Å². The fraction of sp³-hybridized carbons (Fsp3) is 0.211. The van der Waals surface area contributed by atoms with Crippen molar-refractivity contribution in [1.29, 1.82) is 0 Å². The van der Waals surface area contributed by atoms with Crippen molar-refractivity contribution in [2.45, 2.75) is 18.4 Å². The van der Waals surface area contributed by atoms with E-state index in [1.54, 1.807) is 6.07 Å². The van der Waals surface area contributed by atoms with Gasteiger partial charge in [-0.05, 0) is 29.7 Å². The molecule has 4 nitrogen and oxygen atoms in total. The van der Waals surface area contributed by atoms with Gasteiger partial charge in [0.15, 0.2) is 0 Å². The number of rotatable bonds is 3. The van der Waals surface area contributed by atoms with Crippen LogP contribution in [0.3, 0.4) is 0 Å². The van der Waals surface area contributed by atoms with Crippen LogP contribution >= 0.6 is 23.2 Å². The first-order chi connectivity index (χ1) is 12.0. The molecule has 0 radical (unpaired) electrons. The summed E-state index contributed by atoms with van der Waals surface area (Å²) in [6.45, 7) is 0.423. The Morgan fingerprint density at radius 1 is 1.24 bits per heavy atom. The van der Waals surface area contributed by atoms with Gasteiger partial charge in [0, 0.05) is 10.4 Å². The predicted octanol–water partition coefficient (Wildman–Crippen LogP) is 4.77. The van der Waals surface area contributed by atoms with Gasteiger partial charge in [-0.3, -0.25) is 4.79 Å². The molecular weight excluding hydrogens is 361 g/mol. The maximum Gasteiger partial charge on any atom is 0.307 e. The molecule has 128 valence electrons. The molecule has 1 aliphatic rings. The van der Waals surface area contributed by atoms with Crippen molar-refractivity contribution < 1.29 is 14.6 Å². The fourth-order valence-electron chi connectivity index (χ4n) is 3.67. The summed E-state index contributed by atoms with van der Waals surface area (Å²) < 4.78 is 6.10. The monoisotopic (exact) mass is 375 g/mol. The van der Waals surface area contributed by atoms with Gasteiger partial charge in [0.05, 0.1) is 29.3 Å². The van der Waals surface area contributed by atoms with Crippen LogP contribution in [0.15, 0.2) is 42.5 Å². The molecule has 4 rings (SSSR count). The van der Waals surface area contributed by atoms with Gasteiger partial charge in [-0.15, -0.1) is 0 Å². The van der Waals surface area contributed by atoms with Gasteiger partial charge >= 0.3 is 5.97 Å². The van der Waals surface area contributed by atoms with Gasteiger partial charge in [-0.25, -0.2) is 0 Å². The smallest absolute Gasteiger partial charge is 0.307 e. The standard InChI is InChI=1S/C19H15Cl2NO3/c20-12-8-14-13-6-7-25-19(10-16(23)24,11-4-2-1-3-5-11)18(13)22-17(14)15(21)9-12/h1-5,8-9,22H,6-7,10H2,(H,23,24). The van der Waals surface area contributed by atoms with E-state index >= 15 is 0 Å². The first kappa shape index (κ1) is 16.5. The minimum atomic E-state index is -1.07. The fourth-order valence-corrected chi connectivity index (χ4v) is 4.21. The van der Waals surface area contributed by atoms with Gasteiger partial charge in [-0.2, -0.15) is 0 Å². The van der Waals surface area contributed by atoms with Gasteiger partial charge in [-0.1, -0.05) is 53.5 Å². The number of aromatic amines is 1. The number of aliphatic carboxylic acids is 1. The van der Waals surface area contributed by atoms with Crippen molar-refractivity contribution >= 4 is 40.1 Å². The van der Waals surface area contributed by atoms with E-state index in [0.717, 1.165) is 27.7 Å². The summed E-state index contributed by atoms with van der Waals surface area (Å²) in [7, 11) is 0. The van der Waals surface area contributed by atoms with Crippen LogP contribution in [0.1, 0.15) is 23.2 Å². The Morgan fingerprint density at radius 3 is 2.72 bits per heavy atom. The highest BCUT2D eigenvalue weighted by atomic mass is 35.5. The maximum absolute atomic E-state index is 11.7. The number of benzene rings is 2. The molecule has 1 unspecified atom stereocenters. The molecule has 0 bridgehead atoms. The minimum Gasteiger partial charge on any atom is -0.481 e. The summed E-state index contributed by atoms with van der Waals surface area (Å²) in [6, 6.07) is 13.0. The van der Waals surface area contributed by atoms with E-state index in [-0.39, 0.29) is 6.42 Å². The first-order valence-electron chi connectivity index (χ1n) is 7.92. The van der Waals surface area contributed by atoms with Crippen LogP contribution in [0.25, 0.3) is 10.9 Å². The largest absolute Gasteiger partial charge is 0.481 e. The van der Waals surface area contributed by atoms with E-state index in [4.69, 9.17) is 27.9 Å². The van der Waals surface area contributed by atoms with Gasteiger partial charge < -0.3 is 14.8 Å². The average molecular weight is 376 g/mol. The van der Waals surface area contributed by atoms with Crippen molar-refractivity contribution in [1.82, 2.24) is 4.98 Å². The molecule has 2 aromatic carbocycles. The molecule has 1 atom stereocenters. The zero-order valence-electron chi connectivity index (χ0n) is 13.2. The molecule has 0 saturated heterocycles. The lowest BCUT2D eigenvalue weighted by molar-refractivity contribution is -0.144. The molecule has 2 N–H and O–H groups in total. The first-order valence-corrected chi connectivity index (χ1v) is 8.68. The number of hydrogen-bond acceptors (Lipinski definition) is 2. The number of ether oxygens (including phenoxy) is 1. The lowest BCUT2D eigenvalue weighted by Crippen LogP contribution is -2.39. The Labute approximate surface area is 154 Å². The van der Waals surface area contributed by atoms with Gasteiger partial charge in [0.2, 0.25) is 0 Å². The lowest BCUT2D eigenvalue weighted by Gasteiger charge is -2.36. The highest BCUT2D eigenvalue weighted by molar-refractivity contribution is 6.38. The summed E-state index contributed by atoms with van der Waals surface area (Å²) in [5.74, 6) is -0.931. The van der Waals surface area contributed by atoms with Crippen LogP contribution in [0.5, 0.6) is 0 Å². The van der Waals surface area contributed by atoms with Crippen molar-refractivity contribution in [3.05, 3.63) is 69.3 Å². The van der Waals surface area contributed by atoms with Gasteiger partial charge in [0.25, 0.3) is 0 Å². The Kier molecular flexibility index (Phi) is 3.99. The van der Waals surface area contributed by atoms with Crippen LogP contribution in [0.4, 0.5) is 0 Å². The van der Waals surface area contributed by atoms with Crippen LogP contribution in [-0.2, 0) is 21.6 Å². The van der Waals surface area contributed by atoms with Crippen LogP contribution < -0.4 is 0 Å². The van der Waals surface area contributed by atoms with E-state index in [1.165, 1.54) is 0 Å². The Morgan fingerprint density at radius 2 is 2.00 bits per heavy atom. The highest BCUT2D eigenvalue weighted by Crippen LogP contribution is 2.45. The molecule has 0 fully saturated rings. The number of aromatic nitrogens is 1. The molecule has 1 aliphatic heterocycles. The minimum absolute atomic E-state index is 0.178. The predicted molar refractivity (Wildman–Crippen MR) is 97.4 cm³/mol. The second-order valence-electron chi connectivity index (χ2n) is 6.15. The molecule has 0 saturated carbocycles. The molecule has 25 heavy (non-hydrogen) atoms. The van der Waals surface area contributed by atoms with Crippen molar-refractivity contribution in [2.75, 3.05) is 6.61 Å². The maximum atomic E-state index is 11.7. The summed E-state index contributed by atoms with van der Waals surface area (Å²) in [4.78, 5) is 15.0. The lowest BCUT2D eigenvalue weighted by atomic mass is 9.82. The van der Waals surface area contributed by atoms with Crippen LogP contribution in [0, 0.1) is 0 Å². The summed E-state index contributed by atoms with van der Waals surface area (Å²) in [6.07, 6.45) is 0.488. The quantitative estimate of drug-likeness (QED) is 0.693. The Balaban J connectivity index is 2.03. The zero-order valence-corrected chi connectivity index (χ0v) is 14.7. The highest BCUT2D eigenvalue weighted by Gasteiger charge is 2.44. The molecule has 0 amide bonds. The molecular formula is C19H15Cl2NO3. The average Bonchev–Trinajstić information content (AvgIpc) is 2.96. The van der Waals surface area contributed by atoms with E-state index in [9.17, 15) is 9.90 Å². The molecule has 0 spiro atoms. The van der Waals surface area contributed by atoms with E-state index in [2.05, 4.69) is 4.98 Å². The van der Waals surface area contributed by atoms with Crippen LogP contribution in [-0.4, -0.2) is 22.7 Å². The molecule has 3 aromatic rings. The summed E-state index contributed by atoms with van der Waals surface area (Å²) in [5.41, 5.74) is 2.23. The number of fused-ring (bicyclic) bond motifs is 3. The number of nitrogens with one attached hydrogen (secondary N) is 1. The second kappa shape index (κ2) is 6.06. The van der Waals surface area contributed by atoms with E-state index < -0.39 is 11.6 Å². The molecule has 0 aliphatic carbocycles. The normalized spacial score (nSPS) is 19.8. The van der Waals surface area contributed by atoms with Gasteiger partial charge in [0.1, 0.15) is 5.60 Å². The summed E-state index contributed by atoms with van der Waals surface area (Å²) in [5, 5.41) is 11.5. The third-order valence-electron chi connectivity index (χ3n) is 4.68. The Bertz CT molecular complexity index is 968. The molecule has 2 heterocycles.